The molecule has 8 heteroatoms. The largest absolute Gasteiger partial charge is 0.336 e. The van der Waals surface area contributed by atoms with Crippen molar-refractivity contribution in [1.29, 1.82) is 0 Å². The maximum Gasteiger partial charge on any atom is 0.320 e. The number of anilines is 1. The minimum atomic E-state index is -0.269. The Balaban J connectivity index is 1.90. The summed E-state index contributed by atoms with van der Waals surface area (Å²) < 4.78 is 1.72. The van der Waals surface area contributed by atoms with E-state index in [9.17, 15) is 4.79 Å². The van der Waals surface area contributed by atoms with E-state index < -0.39 is 0 Å². The lowest BCUT2D eigenvalue weighted by atomic mass is 10.1. The average molecular weight is 336 g/mol. The van der Waals surface area contributed by atoms with Gasteiger partial charge in [0.15, 0.2) is 5.82 Å². The number of hydrogen-bond donors (Lipinski definition) is 2. The smallest absolute Gasteiger partial charge is 0.320 e. The molecule has 1 atom stereocenters. The van der Waals surface area contributed by atoms with Crippen LogP contribution in [0.4, 0.5) is 10.6 Å². The fourth-order valence-electron chi connectivity index (χ4n) is 2.28. The molecule has 0 aliphatic carbocycles. The highest BCUT2D eigenvalue weighted by Crippen LogP contribution is 2.26. The maximum absolute atomic E-state index is 12.0. The van der Waals surface area contributed by atoms with Gasteiger partial charge in [-0.25, -0.2) is 4.79 Å². The molecule has 2 aromatic heterocycles. The lowest BCUT2D eigenvalue weighted by molar-refractivity contribution is 0.243. The highest BCUT2D eigenvalue weighted by atomic mass is 32.1. The average Bonchev–Trinajstić information content (AvgIpc) is 3.09. The molecule has 0 aliphatic heterocycles. The molecule has 0 bridgehead atoms. The van der Waals surface area contributed by atoms with Crippen molar-refractivity contribution in [3.05, 3.63) is 28.1 Å². The molecule has 0 spiro atoms. The van der Waals surface area contributed by atoms with Crippen molar-refractivity contribution in [3.63, 3.8) is 0 Å². The van der Waals surface area contributed by atoms with Crippen LogP contribution in [0.15, 0.2) is 17.6 Å². The summed E-state index contributed by atoms with van der Waals surface area (Å²) in [6, 6.07) is 1.98. The fourth-order valence-corrected chi connectivity index (χ4v) is 3.40. The number of amides is 2. The van der Waals surface area contributed by atoms with Crippen LogP contribution in [-0.2, 0) is 6.54 Å². The molecule has 0 fully saturated rings. The monoisotopic (exact) mass is 336 g/mol. The van der Waals surface area contributed by atoms with Gasteiger partial charge in [-0.2, -0.15) is 0 Å². The Morgan fingerprint density at radius 1 is 1.48 bits per heavy atom. The summed E-state index contributed by atoms with van der Waals surface area (Å²) in [7, 11) is 4.03. The summed E-state index contributed by atoms with van der Waals surface area (Å²) in [5.74, 6) is 0.463. The van der Waals surface area contributed by atoms with Gasteiger partial charge in [0, 0.05) is 18.0 Å². The van der Waals surface area contributed by atoms with E-state index in [1.165, 1.54) is 10.4 Å². The van der Waals surface area contributed by atoms with Gasteiger partial charge in [0.05, 0.1) is 12.2 Å². The Morgan fingerprint density at radius 2 is 2.26 bits per heavy atom. The van der Waals surface area contributed by atoms with Crippen LogP contribution in [0.25, 0.3) is 0 Å². The number of hydrogen-bond acceptors (Lipinski definition) is 5. The first-order chi connectivity index (χ1) is 11.0. The molecule has 0 saturated carbocycles. The van der Waals surface area contributed by atoms with E-state index in [-0.39, 0.29) is 12.1 Å². The van der Waals surface area contributed by atoms with Crippen molar-refractivity contribution in [2.45, 2.75) is 32.9 Å². The first-order valence-corrected chi connectivity index (χ1v) is 8.54. The molecule has 2 aromatic rings. The van der Waals surface area contributed by atoms with Crippen LogP contribution in [0.2, 0.25) is 0 Å². The first kappa shape index (κ1) is 17.4. The number of nitrogens with one attached hydrogen (secondary N) is 2. The molecule has 0 unspecified atom stereocenters. The Hall–Kier alpha value is -1.93. The molecular weight excluding hydrogens is 312 g/mol. The summed E-state index contributed by atoms with van der Waals surface area (Å²) in [5, 5.41) is 15.6. The van der Waals surface area contributed by atoms with Crippen LogP contribution in [0, 0.1) is 6.92 Å². The van der Waals surface area contributed by atoms with Gasteiger partial charge in [0.25, 0.3) is 0 Å². The standard InChI is InChI=1S/C15H24N6OS/c1-5-7-21-10-13(18-19-21)17-15(22)16-9-12(20(3)4)14-11(2)6-8-23-14/h6,8,10,12H,5,7,9H2,1-4H3,(H2,16,17,22)/t12-/m1/s1. The second-order valence-electron chi connectivity index (χ2n) is 5.65. The van der Waals surface area contributed by atoms with Crippen LogP contribution >= 0.6 is 11.3 Å². The van der Waals surface area contributed by atoms with Crippen LogP contribution in [0.5, 0.6) is 0 Å². The first-order valence-electron chi connectivity index (χ1n) is 7.66. The van der Waals surface area contributed by atoms with Gasteiger partial charge in [0.1, 0.15) is 0 Å². The predicted octanol–water partition coefficient (Wildman–Crippen LogP) is 2.48. The molecule has 2 amide bonds. The Labute approximate surface area is 140 Å². The number of thiophene rings is 1. The summed E-state index contributed by atoms with van der Waals surface area (Å²) >= 11 is 1.71. The molecule has 0 aromatic carbocycles. The van der Waals surface area contributed by atoms with Crippen LogP contribution in [0.1, 0.15) is 29.8 Å². The van der Waals surface area contributed by atoms with Gasteiger partial charge in [-0.15, -0.1) is 16.4 Å². The zero-order valence-corrected chi connectivity index (χ0v) is 14.9. The van der Waals surface area contributed by atoms with E-state index in [0.29, 0.717) is 12.4 Å². The molecule has 0 saturated heterocycles. The van der Waals surface area contributed by atoms with Crippen molar-refractivity contribution < 1.29 is 4.79 Å². The molecule has 23 heavy (non-hydrogen) atoms. The number of rotatable bonds is 7. The van der Waals surface area contributed by atoms with E-state index in [0.717, 1.165) is 13.0 Å². The SMILES string of the molecule is CCCn1cc(NC(=O)NC[C@H](c2sccc2C)N(C)C)nn1. The third-order valence-electron chi connectivity index (χ3n) is 3.52. The number of carbonyl (C=O) groups excluding carboxylic acids is 1. The van der Waals surface area contributed by atoms with Crippen molar-refractivity contribution in [1.82, 2.24) is 25.2 Å². The predicted molar refractivity (Wildman–Crippen MR) is 92.8 cm³/mol. The number of likely N-dealkylation sites (N-methyl/N-ethyl adjacent to an activating group) is 1. The normalized spacial score (nSPS) is 12.4. The summed E-state index contributed by atoms with van der Waals surface area (Å²) in [6.07, 6.45) is 2.70. The van der Waals surface area contributed by atoms with Gasteiger partial charge in [-0.05, 0) is 44.4 Å². The van der Waals surface area contributed by atoms with Crippen molar-refractivity contribution >= 4 is 23.2 Å². The third kappa shape index (κ3) is 4.77. The highest BCUT2D eigenvalue weighted by molar-refractivity contribution is 7.10. The van der Waals surface area contributed by atoms with Gasteiger partial charge in [-0.1, -0.05) is 12.1 Å². The van der Waals surface area contributed by atoms with Gasteiger partial charge in [0.2, 0.25) is 0 Å². The third-order valence-corrected chi connectivity index (χ3v) is 4.64. The number of nitrogens with zero attached hydrogens (tertiary/aromatic N) is 4. The molecule has 0 radical (unpaired) electrons. The zero-order valence-electron chi connectivity index (χ0n) is 14.0. The lowest BCUT2D eigenvalue weighted by Gasteiger charge is -2.24. The number of aromatic nitrogens is 3. The Kier molecular flexibility index (Phi) is 6.12. The molecule has 2 rings (SSSR count). The molecule has 7 nitrogen and oxygen atoms in total. The molecule has 126 valence electrons. The Morgan fingerprint density at radius 3 is 2.87 bits per heavy atom. The second-order valence-corrected chi connectivity index (χ2v) is 6.60. The number of urea groups is 1. The van der Waals surface area contributed by atoms with Gasteiger partial charge < -0.3 is 10.2 Å². The second kappa shape index (κ2) is 8.07. The highest BCUT2D eigenvalue weighted by Gasteiger charge is 2.18. The lowest BCUT2D eigenvalue weighted by Crippen LogP contribution is -2.36. The van der Waals surface area contributed by atoms with Crippen LogP contribution in [-0.4, -0.2) is 46.6 Å². The topological polar surface area (TPSA) is 75.1 Å². The van der Waals surface area contributed by atoms with E-state index >= 15 is 0 Å². The zero-order chi connectivity index (χ0) is 16.8. The van der Waals surface area contributed by atoms with Crippen molar-refractivity contribution in [2.24, 2.45) is 0 Å². The van der Waals surface area contributed by atoms with Crippen molar-refractivity contribution in [3.8, 4) is 0 Å². The molecule has 0 aliphatic rings. The summed E-state index contributed by atoms with van der Waals surface area (Å²) in [4.78, 5) is 15.4. The molecule has 2 N–H and O–H groups in total. The van der Waals surface area contributed by atoms with E-state index in [2.05, 4.69) is 51.1 Å². The summed E-state index contributed by atoms with van der Waals surface area (Å²) in [5.41, 5.74) is 1.25. The quantitative estimate of drug-likeness (QED) is 0.814. The minimum Gasteiger partial charge on any atom is -0.336 e. The van der Waals surface area contributed by atoms with E-state index in [1.54, 1.807) is 22.2 Å². The number of carbonyl (C=O) groups is 1. The van der Waals surface area contributed by atoms with E-state index in [4.69, 9.17) is 0 Å². The maximum atomic E-state index is 12.0. The Bertz CT molecular complexity index is 635. The minimum absolute atomic E-state index is 0.150. The molecule has 2 heterocycles. The molecular formula is C15H24N6OS. The summed E-state index contributed by atoms with van der Waals surface area (Å²) in [6.45, 7) is 5.48. The van der Waals surface area contributed by atoms with Crippen LogP contribution < -0.4 is 10.6 Å². The van der Waals surface area contributed by atoms with Crippen molar-refractivity contribution in [2.75, 3.05) is 26.0 Å². The van der Waals surface area contributed by atoms with Gasteiger partial charge >= 0.3 is 6.03 Å². The van der Waals surface area contributed by atoms with E-state index in [1.807, 2.05) is 14.1 Å². The number of aryl methyl sites for hydroxylation is 2. The van der Waals surface area contributed by atoms with Crippen LogP contribution in [0.3, 0.4) is 0 Å². The fraction of sp³-hybridized carbons (Fsp3) is 0.533. The van der Waals surface area contributed by atoms with Gasteiger partial charge in [-0.3, -0.25) is 10.00 Å².